The van der Waals surface area contributed by atoms with Crippen molar-refractivity contribution in [2.45, 2.75) is 33.4 Å². The fraction of sp³-hybridized carbons (Fsp3) is 0.391. The summed E-state index contributed by atoms with van der Waals surface area (Å²) in [6.07, 6.45) is 0.908. The molecule has 1 atom stereocenters. The Kier molecular flexibility index (Phi) is 10.2. The number of hydrogen-bond donors (Lipinski definition) is 1. The highest BCUT2D eigenvalue weighted by Crippen LogP contribution is 2.28. The quantitative estimate of drug-likeness (QED) is 0.450. The molecule has 192 valence electrons. The smallest absolute Gasteiger partial charge is 0.244 e. The van der Waals surface area contributed by atoms with E-state index in [-0.39, 0.29) is 33.2 Å². The van der Waals surface area contributed by atoms with E-state index >= 15 is 0 Å². The highest BCUT2D eigenvalue weighted by atomic mass is 35.5. The molecule has 0 aliphatic heterocycles. The van der Waals surface area contributed by atoms with E-state index in [1.54, 1.807) is 18.2 Å². The first-order valence-corrected chi connectivity index (χ1v) is 13.6. The average molecular weight is 567 g/mol. The van der Waals surface area contributed by atoms with E-state index in [2.05, 4.69) is 5.32 Å². The molecule has 2 amide bonds. The van der Waals surface area contributed by atoms with Crippen LogP contribution in [0.5, 0.6) is 0 Å². The van der Waals surface area contributed by atoms with E-state index in [9.17, 15) is 22.4 Å². The van der Waals surface area contributed by atoms with Gasteiger partial charge in [-0.3, -0.25) is 13.9 Å². The summed E-state index contributed by atoms with van der Waals surface area (Å²) < 4.78 is 39.5. The number of nitrogens with one attached hydrogen (secondary N) is 1. The fourth-order valence-corrected chi connectivity index (χ4v) is 4.68. The summed E-state index contributed by atoms with van der Waals surface area (Å²) in [5.41, 5.74) is 0.406. The van der Waals surface area contributed by atoms with Crippen LogP contribution in [0.1, 0.15) is 26.3 Å². The maximum absolute atomic E-state index is 13.6. The second kappa shape index (κ2) is 12.3. The average Bonchev–Trinajstić information content (AvgIpc) is 2.76. The van der Waals surface area contributed by atoms with Crippen molar-refractivity contribution in [3.63, 3.8) is 0 Å². The monoisotopic (exact) mass is 565 g/mol. The number of halogens is 4. The number of anilines is 1. The van der Waals surface area contributed by atoms with Gasteiger partial charge in [0.25, 0.3) is 0 Å². The maximum Gasteiger partial charge on any atom is 0.244 e. The van der Waals surface area contributed by atoms with Crippen LogP contribution in [-0.2, 0) is 26.2 Å². The van der Waals surface area contributed by atoms with Crippen LogP contribution < -0.4 is 9.62 Å². The van der Waals surface area contributed by atoms with Crippen molar-refractivity contribution >= 4 is 62.3 Å². The topological polar surface area (TPSA) is 86.8 Å². The van der Waals surface area contributed by atoms with Crippen LogP contribution in [0.2, 0.25) is 15.1 Å². The molecule has 0 bridgehead atoms. The van der Waals surface area contributed by atoms with Gasteiger partial charge in [0.15, 0.2) is 0 Å². The van der Waals surface area contributed by atoms with Crippen molar-refractivity contribution < 1.29 is 22.4 Å². The van der Waals surface area contributed by atoms with Gasteiger partial charge in [0.1, 0.15) is 18.4 Å². The molecule has 0 aliphatic carbocycles. The first-order valence-electron chi connectivity index (χ1n) is 10.6. The summed E-state index contributed by atoms with van der Waals surface area (Å²) in [6.45, 7) is 4.96. The van der Waals surface area contributed by atoms with Crippen molar-refractivity contribution in [2.24, 2.45) is 5.92 Å². The number of benzene rings is 2. The van der Waals surface area contributed by atoms with Gasteiger partial charge in [-0.2, -0.15) is 0 Å². The Bertz CT molecular complexity index is 1170. The van der Waals surface area contributed by atoms with Crippen molar-refractivity contribution in [2.75, 3.05) is 23.7 Å². The summed E-state index contributed by atoms with van der Waals surface area (Å²) >= 11 is 18.4. The molecule has 2 aromatic carbocycles. The SMILES string of the molecule is CC(C)CNC(=O)C(C)N(Cc1c(Cl)cccc1Cl)C(=O)CN(c1ccc(F)c(Cl)c1)S(C)(=O)=O. The molecule has 0 aliphatic rings. The summed E-state index contributed by atoms with van der Waals surface area (Å²) in [6, 6.07) is 7.16. The zero-order valence-electron chi connectivity index (χ0n) is 19.7. The van der Waals surface area contributed by atoms with Crippen LogP contribution in [-0.4, -0.2) is 50.5 Å². The number of amides is 2. The Labute approximate surface area is 220 Å². The van der Waals surface area contributed by atoms with Gasteiger partial charge in [0.05, 0.1) is 17.0 Å². The van der Waals surface area contributed by atoms with Crippen molar-refractivity contribution in [1.29, 1.82) is 0 Å². The molecule has 7 nitrogen and oxygen atoms in total. The molecule has 0 radical (unpaired) electrons. The minimum atomic E-state index is -3.98. The minimum absolute atomic E-state index is 0.000103. The summed E-state index contributed by atoms with van der Waals surface area (Å²) in [7, 11) is -3.98. The largest absolute Gasteiger partial charge is 0.354 e. The molecular weight excluding hydrogens is 540 g/mol. The predicted octanol–water partition coefficient (Wildman–Crippen LogP) is 4.74. The van der Waals surface area contributed by atoms with Gasteiger partial charge in [-0.25, -0.2) is 12.8 Å². The van der Waals surface area contributed by atoms with E-state index in [0.717, 1.165) is 22.7 Å². The Morgan fingerprint density at radius 3 is 2.14 bits per heavy atom. The van der Waals surface area contributed by atoms with Crippen LogP contribution >= 0.6 is 34.8 Å². The Morgan fingerprint density at radius 2 is 1.63 bits per heavy atom. The van der Waals surface area contributed by atoms with Crippen molar-refractivity contribution in [1.82, 2.24) is 10.2 Å². The second-order valence-electron chi connectivity index (χ2n) is 8.40. The number of carbonyl (C=O) groups is 2. The van der Waals surface area contributed by atoms with Gasteiger partial charge in [0.2, 0.25) is 21.8 Å². The highest BCUT2D eigenvalue weighted by molar-refractivity contribution is 7.92. The van der Waals surface area contributed by atoms with Gasteiger partial charge >= 0.3 is 0 Å². The number of carbonyl (C=O) groups excluding carboxylic acids is 2. The predicted molar refractivity (Wildman–Crippen MR) is 138 cm³/mol. The Morgan fingerprint density at radius 1 is 1.03 bits per heavy atom. The zero-order valence-corrected chi connectivity index (χ0v) is 22.8. The Balaban J connectivity index is 2.45. The molecular formula is C23H27Cl3FN3O4S. The van der Waals surface area contributed by atoms with Gasteiger partial charge in [-0.05, 0) is 43.2 Å². The van der Waals surface area contributed by atoms with E-state index in [1.165, 1.54) is 17.9 Å². The zero-order chi connectivity index (χ0) is 26.5. The molecule has 0 heterocycles. The second-order valence-corrected chi connectivity index (χ2v) is 11.5. The molecule has 0 fully saturated rings. The van der Waals surface area contributed by atoms with E-state index in [1.807, 2.05) is 13.8 Å². The summed E-state index contributed by atoms with van der Waals surface area (Å²) in [4.78, 5) is 27.5. The lowest BCUT2D eigenvalue weighted by Crippen LogP contribution is -2.51. The number of nitrogens with zero attached hydrogens (tertiary/aromatic N) is 2. The van der Waals surface area contributed by atoms with Crippen LogP contribution in [0.15, 0.2) is 36.4 Å². The lowest BCUT2D eigenvalue weighted by atomic mass is 10.1. The minimum Gasteiger partial charge on any atom is -0.354 e. The highest BCUT2D eigenvalue weighted by Gasteiger charge is 2.31. The third kappa shape index (κ3) is 7.96. The van der Waals surface area contributed by atoms with E-state index < -0.39 is 40.2 Å². The van der Waals surface area contributed by atoms with Crippen LogP contribution in [0.25, 0.3) is 0 Å². The molecule has 1 unspecified atom stereocenters. The number of rotatable bonds is 10. The van der Waals surface area contributed by atoms with E-state index in [0.29, 0.717) is 12.1 Å². The van der Waals surface area contributed by atoms with Crippen LogP contribution in [0.3, 0.4) is 0 Å². The molecule has 0 saturated heterocycles. The van der Waals surface area contributed by atoms with Gasteiger partial charge in [0, 0.05) is 28.7 Å². The lowest BCUT2D eigenvalue weighted by molar-refractivity contribution is -0.139. The fourth-order valence-electron chi connectivity index (χ4n) is 3.14. The van der Waals surface area contributed by atoms with Gasteiger partial charge < -0.3 is 10.2 Å². The third-order valence-electron chi connectivity index (χ3n) is 5.11. The Hall–Kier alpha value is -2.07. The van der Waals surface area contributed by atoms with Crippen molar-refractivity contribution in [3.05, 3.63) is 62.8 Å². The summed E-state index contributed by atoms with van der Waals surface area (Å²) in [5, 5.41) is 3.04. The first-order chi connectivity index (χ1) is 16.2. The standard InChI is InChI=1S/C23H27Cl3FN3O4S/c1-14(2)11-28-23(32)15(3)29(12-17-18(24)6-5-7-19(17)25)22(31)13-30(35(4,33)34)16-8-9-21(27)20(26)10-16/h5-10,14-15H,11-13H2,1-4H3,(H,28,32). The van der Waals surface area contributed by atoms with Gasteiger partial charge in [-0.1, -0.05) is 54.7 Å². The third-order valence-corrected chi connectivity index (χ3v) is 7.25. The first kappa shape index (κ1) is 29.2. The molecule has 2 rings (SSSR count). The molecule has 0 aromatic heterocycles. The number of sulfonamides is 1. The van der Waals surface area contributed by atoms with Crippen LogP contribution in [0, 0.1) is 11.7 Å². The maximum atomic E-state index is 13.6. The normalized spacial score (nSPS) is 12.4. The summed E-state index contributed by atoms with van der Waals surface area (Å²) in [5.74, 6) is -1.68. The molecule has 2 aromatic rings. The van der Waals surface area contributed by atoms with Crippen molar-refractivity contribution in [3.8, 4) is 0 Å². The molecule has 1 N–H and O–H groups in total. The number of hydrogen-bond acceptors (Lipinski definition) is 4. The van der Waals surface area contributed by atoms with E-state index in [4.69, 9.17) is 34.8 Å². The van der Waals surface area contributed by atoms with Gasteiger partial charge in [-0.15, -0.1) is 0 Å². The molecule has 0 saturated carbocycles. The molecule has 35 heavy (non-hydrogen) atoms. The molecule has 0 spiro atoms. The molecule has 12 heteroatoms. The van der Waals surface area contributed by atoms with Crippen LogP contribution in [0.4, 0.5) is 10.1 Å². The lowest BCUT2D eigenvalue weighted by Gasteiger charge is -2.32.